The molecule has 0 radical (unpaired) electrons. The van der Waals surface area contributed by atoms with Crippen LogP contribution >= 0.6 is 0 Å². The minimum absolute atomic E-state index is 0.239. The minimum atomic E-state index is -4.71. The molecule has 1 aromatic heterocycles. The van der Waals surface area contributed by atoms with E-state index in [1.54, 1.807) is 12.1 Å². The predicted octanol–water partition coefficient (Wildman–Crippen LogP) is 5.10. The first-order valence-electron chi connectivity index (χ1n) is 8.79. The molecular formula is C20H18F3N3O. The number of anilines is 1. The number of aromatic nitrogens is 2. The fourth-order valence-electron chi connectivity index (χ4n) is 3.45. The molecule has 4 nitrogen and oxygen atoms in total. The average Bonchev–Trinajstić information content (AvgIpc) is 3.13. The third kappa shape index (κ3) is 3.82. The summed E-state index contributed by atoms with van der Waals surface area (Å²) in [5, 5.41) is 0.953. The molecule has 0 atom stereocenters. The van der Waals surface area contributed by atoms with Gasteiger partial charge in [0.05, 0.1) is 5.52 Å². The summed E-state index contributed by atoms with van der Waals surface area (Å²) in [7, 11) is 0. The topological polar surface area (TPSA) is 38.2 Å². The lowest BCUT2D eigenvalue weighted by atomic mass is 10.0. The van der Waals surface area contributed by atoms with E-state index < -0.39 is 6.36 Å². The lowest BCUT2D eigenvalue weighted by Crippen LogP contribution is -2.20. The highest BCUT2D eigenvalue weighted by Crippen LogP contribution is 2.32. The Labute approximate surface area is 154 Å². The summed E-state index contributed by atoms with van der Waals surface area (Å²) in [6.07, 6.45) is -2.42. The van der Waals surface area contributed by atoms with E-state index >= 15 is 0 Å². The Morgan fingerprint density at radius 1 is 0.963 bits per heavy atom. The van der Waals surface area contributed by atoms with E-state index in [0.29, 0.717) is 11.4 Å². The second-order valence-corrected chi connectivity index (χ2v) is 6.60. The van der Waals surface area contributed by atoms with E-state index in [1.165, 1.54) is 12.1 Å². The number of benzene rings is 2. The van der Waals surface area contributed by atoms with E-state index in [-0.39, 0.29) is 5.75 Å². The molecule has 1 aliphatic rings. The standard InChI is InChI=1S/C20H18F3N3O/c1-13-24-18-12-15(14-5-4-6-16(11-14)27-20(21,22)23)7-8-17(18)19(25-13)26-9-2-3-10-26/h4-8,11-12H,2-3,9-10H2,1H3. The normalized spacial score (nSPS) is 14.7. The molecule has 2 heterocycles. The number of halogens is 3. The fourth-order valence-corrected chi connectivity index (χ4v) is 3.45. The molecule has 27 heavy (non-hydrogen) atoms. The van der Waals surface area contributed by atoms with Crippen LogP contribution in [-0.4, -0.2) is 29.4 Å². The maximum absolute atomic E-state index is 12.5. The fraction of sp³-hybridized carbons (Fsp3) is 0.300. The molecule has 0 N–H and O–H groups in total. The van der Waals surface area contributed by atoms with Gasteiger partial charge in [-0.2, -0.15) is 0 Å². The van der Waals surface area contributed by atoms with Crippen LogP contribution in [0.15, 0.2) is 42.5 Å². The highest BCUT2D eigenvalue weighted by molar-refractivity contribution is 5.92. The van der Waals surface area contributed by atoms with Gasteiger partial charge < -0.3 is 9.64 Å². The van der Waals surface area contributed by atoms with E-state index in [0.717, 1.165) is 48.2 Å². The van der Waals surface area contributed by atoms with Crippen molar-refractivity contribution in [3.63, 3.8) is 0 Å². The molecule has 1 aliphatic heterocycles. The number of nitrogens with zero attached hydrogens (tertiary/aromatic N) is 3. The van der Waals surface area contributed by atoms with Crippen molar-refractivity contribution in [2.75, 3.05) is 18.0 Å². The molecule has 4 rings (SSSR count). The van der Waals surface area contributed by atoms with Crippen molar-refractivity contribution in [3.05, 3.63) is 48.3 Å². The van der Waals surface area contributed by atoms with Gasteiger partial charge in [0.15, 0.2) is 0 Å². The maximum Gasteiger partial charge on any atom is 0.573 e. The van der Waals surface area contributed by atoms with Crippen LogP contribution in [0.5, 0.6) is 5.75 Å². The van der Waals surface area contributed by atoms with Crippen molar-refractivity contribution in [3.8, 4) is 16.9 Å². The molecule has 0 unspecified atom stereocenters. The van der Waals surface area contributed by atoms with Crippen LogP contribution < -0.4 is 9.64 Å². The monoisotopic (exact) mass is 373 g/mol. The number of ether oxygens (including phenoxy) is 1. The summed E-state index contributed by atoms with van der Waals surface area (Å²) < 4.78 is 41.5. The van der Waals surface area contributed by atoms with E-state index in [1.807, 2.05) is 25.1 Å². The van der Waals surface area contributed by atoms with Crippen molar-refractivity contribution in [1.82, 2.24) is 9.97 Å². The molecule has 2 aromatic carbocycles. The molecule has 0 bridgehead atoms. The second-order valence-electron chi connectivity index (χ2n) is 6.60. The van der Waals surface area contributed by atoms with Gasteiger partial charge in [0.2, 0.25) is 0 Å². The first-order valence-corrected chi connectivity index (χ1v) is 8.79. The molecule has 0 spiro atoms. The van der Waals surface area contributed by atoms with Gasteiger partial charge >= 0.3 is 6.36 Å². The van der Waals surface area contributed by atoms with Crippen molar-refractivity contribution >= 4 is 16.7 Å². The third-order valence-electron chi connectivity index (χ3n) is 4.60. The molecule has 1 fully saturated rings. The zero-order chi connectivity index (χ0) is 19.0. The number of fused-ring (bicyclic) bond motifs is 1. The highest BCUT2D eigenvalue weighted by atomic mass is 19.4. The van der Waals surface area contributed by atoms with E-state index in [2.05, 4.69) is 19.6 Å². The van der Waals surface area contributed by atoms with Crippen LogP contribution in [0.2, 0.25) is 0 Å². The Bertz CT molecular complexity index is 982. The Kier molecular flexibility index (Phi) is 4.37. The van der Waals surface area contributed by atoms with Gasteiger partial charge in [-0.25, -0.2) is 9.97 Å². The van der Waals surface area contributed by atoms with Crippen LogP contribution in [0.3, 0.4) is 0 Å². The summed E-state index contributed by atoms with van der Waals surface area (Å²) in [4.78, 5) is 11.4. The number of alkyl halides is 3. The maximum atomic E-state index is 12.5. The Morgan fingerprint density at radius 3 is 2.44 bits per heavy atom. The van der Waals surface area contributed by atoms with Gasteiger partial charge in [0.25, 0.3) is 0 Å². The Morgan fingerprint density at radius 2 is 1.70 bits per heavy atom. The van der Waals surface area contributed by atoms with Crippen LogP contribution in [0, 0.1) is 6.92 Å². The van der Waals surface area contributed by atoms with Crippen LogP contribution in [0.4, 0.5) is 19.0 Å². The summed E-state index contributed by atoms with van der Waals surface area (Å²) in [5.41, 5.74) is 2.20. The number of hydrogen-bond donors (Lipinski definition) is 0. The van der Waals surface area contributed by atoms with Crippen molar-refractivity contribution in [2.24, 2.45) is 0 Å². The minimum Gasteiger partial charge on any atom is -0.406 e. The number of aryl methyl sites for hydroxylation is 1. The van der Waals surface area contributed by atoms with Gasteiger partial charge in [0.1, 0.15) is 17.4 Å². The van der Waals surface area contributed by atoms with Crippen molar-refractivity contribution in [2.45, 2.75) is 26.1 Å². The first kappa shape index (κ1) is 17.6. The van der Waals surface area contributed by atoms with Gasteiger partial charge in [-0.15, -0.1) is 13.2 Å². The molecule has 7 heteroatoms. The highest BCUT2D eigenvalue weighted by Gasteiger charge is 2.31. The molecule has 0 aliphatic carbocycles. The largest absolute Gasteiger partial charge is 0.573 e. The van der Waals surface area contributed by atoms with Gasteiger partial charge in [-0.3, -0.25) is 0 Å². The smallest absolute Gasteiger partial charge is 0.406 e. The molecule has 0 saturated carbocycles. The van der Waals surface area contributed by atoms with Gasteiger partial charge in [-0.05, 0) is 55.2 Å². The lowest BCUT2D eigenvalue weighted by Gasteiger charge is -2.19. The average molecular weight is 373 g/mol. The van der Waals surface area contributed by atoms with Gasteiger partial charge in [-0.1, -0.05) is 18.2 Å². The van der Waals surface area contributed by atoms with Gasteiger partial charge in [0, 0.05) is 18.5 Å². The van der Waals surface area contributed by atoms with E-state index in [4.69, 9.17) is 0 Å². The molecule has 140 valence electrons. The van der Waals surface area contributed by atoms with Crippen LogP contribution in [-0.2, 0) is 0 Å². The SMILES string of the molecule is Cc1nc(N2CCCC2)c2ccc(-c3cccc(OC(F)(F)F)c3)cc2n1. The molecule has 0 amide bonds. The predicted molar refractivity (Wildman–Crippen MR) is 97.8 cm³/mol. The first-order chi connectivity index (χ1) is 12.9. The number of hydrogen-bond acceptors (Lipinski definition) is 4. The summed E-state index contributed by atoms with van der Waals surface area (Å²) in [5.74, 6) is 1.36. The summed E-state index contributed by atoms with van der Waals surface area (Å²) in [6, 6.07) is 11.7. The zero-order valence-corrected chi connectivity index (χ0v) is 14.8. The molecule has 3 aromatic rings. The van der Waals surface area contributed by atoms with Crippen LogP contribution in [0.25, 0.3) is 22.0 Å². The Balaban J connectivity index is 1.75. The molecule has 1 saturated heterocycles. The zero-order valence-electron chi connectivity index (χ0n) is 14.8. The van der Waals surface area contributed by atoms with Crippen molar-refractivity contribution < 1.29 is 17.9 Å². The van der Waals surface area contributed by atoms with Crippen LogP contribution in [0.1, 0.15) is 18.7 Å². The summed E-state index contributed by atoms with van der Waals surface area (Å²) >= 11 is 0. The Hall–Kier alpha value is -2.83. The lowest BCUT2D eigenvalue weighted by molar-refractivity contribution is -0.274. The quantitative estimate of drug-likeness (QED) is 0.640. The van der Waals surface area contributed by atoms with E-state index in [9.17, 15) is 13.2 Å². The third-order valence-corrected chi connectivity index (χ3v) is 4.60. The van der Waals surface area contributed by atoms with Crippen molar-refractivity contribution in [1.29, 1.82) is 0 Å². The summed E-state index contributed by atoms with van der Waals surface area (Å²) in [6.45, 7) is 3.80. The molecular weight excluding hydrogens is 355 g/mol. The second kappa shape index (κ2) is 6.72. The number of rotatable bonds is 3.